The molecule has 0 heterocycles. The number of aryl methyl sites for hydroxylation is 1. The second-order valence-electron chi connectivity index (χ2n) is 3.74. The molecule has 0 saturated heterocycles. The lowest BCUT2D eigenvalue weighted by Gasteiger charge is -2.07. The van der Waals surface area contributed by atoms with E-state index in [0.717, 1.165) is 0 Å². The van der Waals surface area contributed by atoms with E-state index < -0.39 is 10.0 Å². The topological polar surface area (TPSA) is 78.6 Å². The van der Waals surface area contributed by atoms with Crippen LogP contribution in [0.1, 0.15) is 5.56 Å². The molecule has 0 amide bonds. The molecule has 0 aliphatic heterocycles. The minimum absolute atomic E-state index is 0.0324. The highest BCUT2D eigenvalue weighted by atomic mass is 32.2. The van der Waals surface area contributed by atoms with Gasteiger partial charge in [-0.25, -0.2) is 17.9 Å². The molecule has 0 aliphatic rings. The van der Waals surface area contributed by atoms with E-state index in [1.807, 2.05) is 0 Å². The van der Waals surface area contributed by atoms with Crippen LogP contribution in [0.5, 0.6) is 5.75 Å². The molecule has 18 heavy (non-hydrogen) atoms. The summed E-state index contributed by atoms with van der Waals surface area (Å²) in [4.78, 5) is 0. The van der Waals surface area contributed by atoms with Gasteiger partial charge in [0.1, 0.15) is 18.2 Å². The monoisotopic (exact) mass is 277 g/mol. The average Bonchev–Trinajstić information content (AvgIpc) is 2.26. The van der Waals surface area contributed by atoms with Crippen LogP contribution in [-0.2, 0) is 14.8 Å². The Morgan fingerprint density at radius 1 is 1.28 bits per heavy atom. The number of hydrogen-bond acceptors (Lipinski definition) is 4. The van der Waals surface area contributed by atoms with Gasteiger partial charge in [0, 0.05) is 0 Å². The zero-order valence-corrected chi connectivity index (χ0v) is 10.9. The Balaban J connectivity index is 2.20. The minimum atomic E-state index is -3.48. The van der Waals surface area contributed by atoms with Gasteiger partial charge in [-0.3, -0.25) is 0 Å². The molecular formula is C11H16FNO4S. The molecule has 1 aromatic carbocycles. The molecule has 0 atom stereocenters. The Hall–Kier alpha value is -1.18. The van der Waals surface area contributed by atoms with Crippen LogP contribution < -0.4 is 9.88 Å². The molecule has 0 bridgehead atoms. The van der Waals surface area contributed by atoms with Crippen molar-refractivity contribution in [1.29, 1.82) is 0 Å². The first-order chi connectivity index (χ1) is 8.38. The molecule has 0 spiro atoms. The van der Waals surface area contributed by atoms with Gasteiger partial charge in [-0.1, -0.05) is 0 Å². The van der Waals surface area contributed by atoms with Gasteiger partial charge in [-0.05, 0) is 30.7 Å². The maximum atomic E-state index is 13.0. The summed E-state index contributed by atoms with van der Waals surface area (Å²) < 4.78 is 44.5. The molecule has 0 radical (unpaired) electrons. The van der Waals surface area contributed by atoms with Gasteiger partial charge in [-0.2, -0.15) is 0 Å². The quantitative estimate of drug-likeness (QED) is 0.748. The van der Waals surface area contributed by atoms with Crippen LogP contribution >= 0.6 is 0 Å². The predicted molar refractivity (Wildman–Crippen MR) is 65.4 cm³/mol. The van der Waals surface area contributed by atoms with Crippen LogP contribution in [0.3, 0.4) is 0 Å². The van der Waals surface area contributed by atoms with Crippen molar-refractivity contribution in [2.75, 3.05) is 25.6 Å². The summed E-state index contributed by atoms with van der Waals surface area (Å²) in [5.41, 5.74) is 0.502. The highest BCUT2D eigenvalue weighted by Crippen LogP contribution is 2.15. The van der Waals surface area contributed by atoms with Gasteiger partial charge >= 0.3 is 0 Å². The van der Waals surface area contributed by atoms with E-state index in [9.17, 15) is 12.8 Å². The van der Waals surface area contributed by atoms with Crippen molar-refractivity contribution in [2.24, 2.45) is 5.14 Å². The maximum Gasteiger partial charge on any atom is 0.211 e. The molecule has 0 aliphatic carbocycles. The maximum absolute atomic E-state index is 13.0. The Labute approximate surface area is 106 Å². The zero-order chi connectivity index (χ0) is 13.6. The first kappa shape index (κ1) is 14.9. The van der Waals surface area contributed by atoms with Crippen molar-refractivity contribution in [2.45, 2.75) is 6.92 Å². The van der Waals surface area contributed by atoms with E-state index in [-0.39, 0.29) is 31.4 Å². The van der Waals surface area contributed by atoms with Gasteiger partial charge in [-0.15, -0.1) is 0 Å². The van der Waals surface area contributed by atoms with E-state index >= 15 is 0 Å². The molecule has 0 fully saturated rings. The molecule has 0 aromatic heterocycles. The van der Waals surface area contributed by atoms with Crippen LogP contribution in [0.2, 0.25) is 0 Å². The fourth-order valence-electron chi connectivity index (χ4n) is 1.20. The number of hydrogen-bond donors (Lipinski definition) is 1. The second-order valence-corrected chi connectivity index (χ2v) is 5.47. The van der Waals surface area contributed by atoms with Gasteiger partial charge in [0.05, 0.1) is 19.0 Å². The summed E-state index contributed by atoms with van der Waals surface area (Å²) in [6.45, 7) is 2.18. The Morgan fingerprint density at radius 3 is 2.61 bits per heavy atom. The highest BCUT2D eigenvalue weighted by Gasteiger charge is 2.02. The van der Waals surface area contributed by atoms with Crippen molar-refractivity contribution in [3.63, 3.8) is 0 Å². The predicted octanol–water partition coefficient (Wildman–Crippen LogP) is 0.818. The lowest BCUT2D eigenvalue weighted by Crippen LogP contribution is -2.21. The fraction of sp³-hybridized carbons (Fsp3) is 0.455. The summed E-state index contributed by atoms with van der Waals surface area (Å²) in [5, 5.41) is 4.80. The van der Waals surface area contributed by atoms with Gasteiger partial charge in [0.2, 0.25) is 10.0 Å². The molecule has 5 nitrogen and oxygen atoms in total. The summed E-state index contributed by atoms with van der Waals surface area (Å²) in [7, 11) is -3.48. The van der Waals surface area contributed by atoms with Crippen molar-refractivity contribution in [1.82, 2.24) is 0 Å². The fourth-order valence-corrected chi connectivity index (χ4v) is 1.55. The molecule has 2 N–H and O–H groups in total. The van der Waals surface area contributed by atoms with E-state index in [2.05, 4.69) is 0 Å². The van der Waals surface area contributed by atoms with Gasteiger partial charge in [0.15, 0.2) is 0 Å². The summed E-state index contributed by atoms with van der Waals surface area (Å²) in [6, 6.07) is 4.43. The highest BCUT2D eigenvalue weighted by molar-refractivity contribution is 7.89. The first-order valence-electron chi connectivity index (χ1n) is 5.35. The van der Waals surface area contributed by atoms with Gasteiger partial charge < -0.3 is 9.47 Å². The van der Waals surface area contributed by atoms with Crippen molar-refractivity contribution >= 4 is 10.0 Å². The summed E-state index contributed by atoms with van der Waals surface area (Å²) >= 11 is 0. The molecule has 0 unspecified atom stereocenters. The third-order valence-corrected chi connectivity index (χ3v) is 2.87. The molecular weight excluding hydrogens is 261 g/mol. The Bertz CT molecular complexity index is 490. The number of ether oxygens (including phenoxy) is 2. The average molecular weight is 277 g/mol. The third-order valence-electron chi connectivity index (χ3n) is 2.14. The Kier molecular flexibility index (Phi) is 5.52. The number of sulfonamides is 1. The van der Waals surface area contributed by atoms with Crippen LogP contribution in [0, 0.1) is 12.7 Å². The molecule has 0 saturated carbocycles. The normalized spacial score (nSPS) is 11.5. The van der Waals surface area contributed by atoms with Crippen LogP contribution in [0.4, 0.5) is 4.39 Å². The number of nitrogens with two attached hydrogens (primary N) is 1. The van der Waals surface area contributed by atoms with E-state index in [1.165, 1.54) is 12.1 Å². The SMILES string of the molecule is Cc1cc(OCCOCCS(N)(=O)=O)ccc1F. The largest absolute Gasteiger partial charge is 0.491 e. The first-order valence-corrected chi connectivity index (χ1v) is 7.07. The number of primary sulfonamides is 1. The van der Waals surface area contributed by atoms with E-state index in [0.29, 0.717) is 11.3 Å². The minimum Gasteiger partial charge on any atom is -0.491 e. The van der Waals surface area contributed by atoms with Crippen molar-refractivity contribution < 1.29 is 22.3 Å². The van der Waals surface area contributed by atoms with Crippen LogP contribution in [0.15, 0.2) is 18.2 Å². The van der Waals surface area contributed by atoms with Gasteiger partial charge in [0.25, 0.3) is 0 Å². The van der Waals surface area contributed by atoms with E-state index in [4.69, 9.17) is 14.6 Å². The lowest BCUT2D eigenvalue weighted by atomic mass is 10.2. The number of rotatable bonds is 7. The smallest absolute Gasteiger partial charge is 0.211 e. The van der Waals surface area contributed by atoms with Crippen LogP contribution in [0.25, 0.3) is 0 Å². The van der Waals surface area contributed by atoms with Crippen molar-refractivity contribution in [3.05, 3.63) is 29.6 Å². The zero-order valence-electron chi connectivity index (χ0n) is 10.1. The lowest BCUT2D eigenvalue weighted by molar-refractivity contribution is 0.111. The second kappa shape index (κ2) is 6.67. The van der Waals surface area contributed by atoms with Crippen molar-refractivity contribution in [3.8, 4) is 5.75 Å². The number of halogens is 1. The summed E-state index contributed by atoms with van der Waals surface area (Å²) in [6.07, 6.45) is 0. The molecule has 102 valence electrons. The standard InChI is InChI=1S/C11H16FNO4S/c1-9-8-10(2-3-11(9)12)17-5-4-16-6-7-18(13,14)15/h2-3,8H,4-7H2,1H3,(H2,13,14,15). The molecule has 1 aromatic rings. The summed E-state index contributed by atoms with van der Waals surface area (Å²) in [5.74, 6) is 0.0403. The number of benzene rings is 1. The Morgan fingerprint density at radius 2 is 2.00 bits per heavy atom. The molecule has 1 rings (SSSR count). The third kappa shape index (κ3) is 5.95. The molecule has 7 heteroatoms. The van der Waals surface area contributed by atoms with E-state index in [1.54, 1.807) is 13.0 Å². The van der Waals surface area contributed by atoms with Crippen LogP contribution in [-0.4, -0.2) is 34.0 Å².